The Morgan fingerprint density at radius 3 is 2.28 bits per heavy atom. The highest BCUT2D eigenvalue weighted by Gasteiger charge is 2.34. The van der Waals surface area contributed by atoms with E-state index in [1.54, 1.807) is 4.31 Å². The van der Waals surface area contributed by atoms with Crippen LogP contribution in [0.15, 0.2) is 47.4 Å². The van der Waals surface area contributed by atoms with Crippen molar-refractivity contribution in [1.29, 1.82) is 0 Å². The van der Waals surface area contributed by atoms with Gasteiger partial charge < -0.3 is 0 Å². The molecule has 0 N–H and O–H groups in total. The molecule has 1 fully saturated rings. The Balaban J connectivity index is 2.06. The quantitative estimate of drug-likeness (QED) is 0.782. The number of hydrogen-bond donors (Lipinski definition) is 0. The van der Waals surface area contributed by atoms with Crippen LogP contribution in [-0.4, -0.2) is 19.3 Å². The van der Waals surface area contributed by atoms with E-state index in [0.717, 1.165) is 42.4 Å². The number of rotatable bonds is 3. The van der Waals surface area contributed by atoms with Crippen molar-refractivity contribution < 1.29 is 8.42 Å². The zero-order chi connectivity index (χ0) is 18.0. The molecule has 2 aromatic carbocycles. The molecule has 0 spiro atoms. The van der Waals surface area contributed by atoms with Crippen LogP contribution >= 0.6 is 0 Å². The fraction of sp³-hybridized carbons (Fsp3) is 0.429. The van der Waals surface area contributed by atoms with Gasteiger partial charge in [-0.2, -0.15) is 4.31 Å². The van der Waals surface area contributed by atoms with Crippen molar-refractivity contribution in [1.82, 2.24) is 4.31 Å². The van der Waals surface area contributed by atoms with Crippen molar-refractivity contribution in [2.24, 2.45) is 0 Å². The van der Waals surface area contributed by atoms with Crippen LogP contribution in [0.1, 0.15) is 54.0 Å². The molecule has 0 unspecified atom stereocenters. The van der Waals surface area contributed by atoms with Gasteiger partial charge in [0.25, 0.3) is 0 Å². The molecule has 25 heavy (non-hydrogen) atoms. The summed E-state index contributed by atoms with van der Waals surface area (Å²) in [5, 5.41) is 0. The molecule has 2 aromatic rings. The van der Waals surface area contributed by atoms with E-state index in [2.05, 4.69) is 31.2 Å². The van der Waals surface area contributed by atoms with Crippen LogP contribution in [-0.2, 0) is 10.0 Å². The molecule has 134 valence electrons. The first-order chi connectivity index (χ1) is 11.9. The Bertz CT molecular complexity index is 841. The minimum absolute atomic E-state index is 0.0759. The van der Waals surface area contributed by atoms with Crippen LogP contribution in [0, 0.1) is 20.8 Å². The minimum atomic E-state index is -3.51. The highest BCUT2D eigenvalue weighted by molar-refractivity contribution is 7.89. The van der Waals surface area contributed by atoms with Gasteiger partial charge in [-0.3, -0.25) is 0 Å². The lowest BCUT2D eigenvalue weighted by Crippen LogP contribution is -2.35. The topological polar surface area (TPSA) is 37.4 Å². The maximum absolute atomic E-state index is 13.5. The summed E-state index contributed by atoms with van der Waals surface area (Å²) in [5.74, 6) is 0. The molecule has 0 aliphatic carbocycles. The SMILES string of the molecule is Cc1ccc([C@@H]2CCCCCN2S(=O)(=O)c2cc(C)ccc2C)cc1. The molecule has 0 saturated carbocycles. The second-order valence-electron chi connectivity index (χ2n) is 7.16. The van der Waals surface area contributed by atoms with Crippen molar-refractivity contribution >= 4 is 10.0 Å². The van der Waals surface area contributed by atoms with Crippen LogP contribution in [0.3, 0.4) is 0 Å². The average molecular weight is 358 g/mol. The van der Waals surface area contributed by atoms with Gasteiger partial charge >= 0.3 is 0 Å². The first kappa shape index (κ1) is 18.2. The fourth-order valence-corrected chi connectivity index (χ4v) is 5.60. The zero-order valence-corrected chi connectivity index (χ0v) is 16.1. The molecular weight excluding hydrogens is 330 g/mol. The number of benzene rings is 2. The Kier molecular flexibility index (Phi) is 5.30. The summed E-state index contributed by atoms with van der Waals surface area (Å²) in [7, 11) is -3.51. The van der Waals surface area contributed by atoms with Crippen molar-refractivity contribution in [3.8, 4) is 0 Å². The minimum Gasteiger partial charge on any atom is -0.207 e. The van der Waals surface area contributed by atoms with Gasteiger partial charge in [0.15, 0.2) is 0 Å². The van der Waals surface area contributed by atoms with Crippen LogP contribution in [0.5, 0.6) is 0 Å². The Hall–Kier alpha value is -1.65. The van der Waals surface area contributed by atoms with E-state index in [1.807, 2.05) is 32.0 Å². The summed E-state index contributed by atoms with van der Waals surface area (Å²) in [6.07, 6.45) is 3.96. The van der Waals surface area contributed by atoms with E-state index < -0.39 is 10.0 Å². The third-order valence-corrected chi connectivity index (χ3v) is 7.15. The highest BCUT2D eigenvalue weighted by Crippen LogP contribution is 2.35. The second-order valence-corrected chi connectivity index (χ2v) is 9.02. The first-order valence-electron chi connectivity index (χ1n) is 9.05. The van der Waals surface area contributed by atoms with E-state index in [1.165, 1.54) is 5.56 Å². The summed E-state index contributed by atoms with van der Waals surface area (Å²) in [6.45, 7) is 6.47. The van der Waals surface area contributed by atoms with Gasteiger partial charge in [0.2, 0.25) is 10.0 Å². The molecule has 1 aliphatic heterocycles. The molecule has 1 heterocycles. The van der Waals surface area contributed by atoms with Crippen LogP contribution < -0.4 is 0 Å². The smallest absolute Gasteiger partial charge is 0.207 e. The summed E-state index contributed by atoms with van der Waals surface area (Å²) < 4.78 is 28.7. The maximum atomic E-state index is 13.5. The van der Waals surface area contributed by atoms with Crippen LogP contribution in [0.2, 0.25) is 0 Å². The predicted molar refractivity (Wildman–Crippen MR) is 102 cm³/mol. The molecule has 3 rings (SSSR count). The van der Waals surface area contributed by atoms with Gasteiger partial charge in [0.1, 0.15) is 0 Å². The van der Waals surface area contributed by atoms with Crippen molar-refractivity contribution in [2.75, 3.05) is 6.54 Å². The van der Waals surface area contributed by atoms with Crippen molar-refractivity contribution in [3.05, 3.63) is 64.7 Å². The predicted octanol–water partition coefficient (Wildman–Crippen LogP) is 4.92. The second kappa shape index (κ2) is 7.30. The zero-order valence-electron chi connectivity index (χ0n) is 15.3. The lowest BCUT2D eigenvalue weighted by molar-refractivity contribution is 0.328. The number of aryl methyl sites for hydroxylation is 3. The Morgan fingerprint density at radius 2 is 1.56 bits per heavy atom. The Morgan fingerprint density at radius 1 is 0.880 bits per heavy atom. The van der Waals surface area contributed by atoms with Gasteiger partial charge in [-0.05, 0) is 56.4 Å². The van der Waals surface area contributed by atoms with Crippen molar-refractivity contribution in [3.63, 3.8) is 0 Å². The van der Waals surface area contributed by atoms with E-state index in [4.69, 9.17) is 0 Å². The molecule has 1 saturated heterocycles. The maximum Gasteiger partial charge on any atom is 0.243 e. The van der Waals surface area contributed by atoms with Gasteiger partial charge in [-0.25, -0.2) is 8.42 Å². The molecule has 0 radical (unpaired) electrons. The van der Waals surface area contributed by atoms with Crippen molar-refractivity contribution in [2.45, 2.75) is 57.4 Å². The Labute approximate surface area is 151 Å². The fourth-order valence-electron chi connectivity index (χ4n) is 3.60. The van der Waals surface area contributed by atoms with Gasteiger partial charge in [-0.15, -0.1) is 0 Å². The van der Waals surface area contributed by atoms with E-state index in [0.29, 0.717) is 11.4 Å². The van der Waals surface area contributed by atoms with E-state index in [9.17, 15) is 8.42 Å². The number of hydrogen-bond acceptors (Lipinski definition) is 2. The summed E-state index contributed by atoms with van der Waals surface area (Å²) >= 11 is 0. The van der Waals surface area contributed by atoms with Gasteiger partial charge in [0.05, 0.1) is 10.9 Å². The van der Waals surface area contributed by atoms with Gasteiger partial charge in [-0.1, -0.05) is 54.8 Å². The van der Waals surface area contributed by atoms with E-state index in [-0.39, 0.29) is 6.04 Å². The lowest BCUT2D eigenvalue weighted by Gasteiger charge is -2.30. The lowest BCUT2D eigenvalue weighted by atomic mass is 10.0. The van der Waals surface area contributed by atoms with Crippen LogP contribution in [0.25, 0.3) is 0 Å². The number of sulfonamides is 1. The molecule has 0 amide bonds. The van der Waals surface area contributed by atoms with Crippen LogP contribution in [0.4, 0.5) is 0 Å². The van der Waals surface area contributed by atoms with E-state index >= 15 is 0 Å². The third kappa shape index (κ3) is 3.80. The molecule has 3 nitrogen and oxygen atoms in total. The molecule has 1 atom stereocenters. The normalized spacial score (nSPS) is 19.6. The number of nitrogens with zero attached hydrogens (tertiary/aromatic N) is 1. The highest BCUT2D eigenvalue weighted by atomic mass is 32.2. The largest absolute Gasteiger partial charge is 0.243 e. The molecular formula is C21H27NO2S. The molecule has 1 aliphatic rings. The molecule has 0 aromatic heterocycles. The first-order valence-corrected chi connectivity index (χ1v) is 10.5. The molecule has 0 bridgehead atoms. The standard InChI is InChI=1S/C21H27NO2S/c1-16-9-12-19(13-10-16)20-7-5-4-6-14-22(20)25(23,24)21-15-17(2)8-11-18(21)3/h8-13,15,20H,4-7,14H2,1-3H3/t20-/m0/s1. The average Bonchev–Trinajstić information content (AvgIpc) is 2.84. The monoisotopic (exact) mass is 357 g/mol. The summed E-state index contributed by atoms with van der Waals surface area (Å²) in [6, 6.07) is 13.9. The third-order valence-electron chi connectivity index (χ3n) is 5.10. The summed E-state index contributed by atoms with van der Waals surface area (Å²) in [5.41, 5.74) is 4.09. The summed E-state index contributed by atoms with van der Waals surface area (Å²) in [4.78, 5) is 0.450. The van der Waals surface area contributed by atoms with Gasteiger partial charge in [0, 0.05) is 6.54 Å². The molecule has 4 heteroatoms.